The minimum Gasteiger partial charge on any atom is -0.344 e. The maximum Gasteiger partial charge on any atom is 0.271 e. The summed E-state index contributed by atoms with van der Waals surface area (Å²) in [4.78, 5) is 25.6. The molecule has 0 radical (unpaired) electrons. The number of hydrogen-bond donors (Lipinski definition) is 1. The minimum atomic E-state index is -0.236. The molecule has 1 aliphatic rings. The SMILES string of the molecule is C[C@@H](NC(=O)c1cn(-c2ccc(-c3nc(C4CC4)no3)cn2)cn1)c1ccccc1. The summed E-state index contributed by atoms with van der Waals surface area (Å²) in [6.45, 7) is 1.94. The molecule has 1 N–H and O–H groups in total. The Morgan fingerprint density at radius 2 is 2.00 bits per heavy atom. The number of carbonyl (C=O) groups is 1. The Morgan fingerprint density at radius 3 is 2.73 bits per heavy atom. The van der Waals surface area contributed by atoms with Crippen LogP contribution in [0.2, 0.25) is 0 Å². The second-order valence-corrected chi connectivity index (χ2v) is 7.41. The molecule has 0 unspecified atom stereocenters. The molecule has 30 heavy (non-hydrogen) atoms. The van der Waals surface area contributed by atoms with Crippen LogP contribution in [0, 0.1) is 0 Å². The average Bonchev–Trinajstić information content (AvgIpc) is 3.31. The van der Waals surface area contributed by atoms with E-state index in [0.29, 0.717) is 23.3 Å². The van der Waals surface area contributed by atoms with E-state index < -0.39 is 0 Å². The Morgan fingerprint density at radius 1 is 1.17 bits per heavy atom. The van der Waals surface area contributed by atoms with Gasteiger partial charge in [0, 0.05) is 18.3 Å². The first-order chi connectivity index (χ1) is 14.7. The van der Waals surface area contributed by atoms with Gasteiger partial charge in [0.15, 0.2) is 5.82 Å². The van der Waals surface area contributed by atoms with Gasteiger partial charge in [0.2, 0.25) is 0 Å². The van der Waals surface area contributed by atoms with Gasteiger partial charge in [-0.15, -0.1) is 0 Å². The third kappa shape index (κ3) is 3.71. The van der Waals surface area contributed by atoms with Gasteiger partial charge in [0.1, 0.15) is 17.8 Å². The van der Waals surface area contributed by atoms with E-state index in [1.165, 1.54) is 0 Å². The highest BCUT2D eigenvalue weighted by molar-refractivity contribution is 5.92. The predicted octanol–water partition coefficient (Wildman–Crippen LogP) is 3.69. The zero-order valence-electron chi connectivity index (χ0n) is 16.4. The fraction of sp³-hybridized carbons (Fsp3) is 0.227. The van der Waals surface area contributed by atoms with Crippen molar-refractivity contribution in [3.05, 3.63) is 78.3 Å². The van der Waals surface area contributed by atoms with Crippen LogP contribution in [0.4, 0.5) is 0 Å². The summed E-state index contributed by atoms with van der Waals surface area (Å²) in [7, 11) is 0. The van der Waals surface area contributed by atoms with E-state index in [2.05, 4.69) is 25.4 Å². The number of benzene rings is 1. The fourth-order valence-corrected chi connectivity index (χ4v) is 3.19. The Bertz CT molecular complexity index is 1160. The van der Waals surface area contributed by atoms with Gasteiger partial charge < -0.3 is 9.84 Å². The number of nitrogens with one attached hydrogen (secondary N) is 1. The van der Waals surface area contributed by atoms with Crippen molar-refractivity contribution in [3.63, 3.8) is 0 Å². The van der Waals surface area contributed by atoms with Crippen LogP contribution in [0.3, 0.4) is 0 Å². The van der Waals surface area contributed by atoms with Crippen molar-refractivity contribution in [3.8, 4) is 17.3 Å². The number of aromatic nitrogens is 5. The van der Waals surface area contributed by atoms with Crippen LogP contribution < -0.4 is 5.32 Å². The smallest absolute Gasteiger partial charge is 0.271 e. The summed E-state index contributed by atoms with van der Waals surface area (Å²) >= 11 is 0. The van der Waals surface area contributed by atoms with Gasteiger partial charge in [0.05, 0.1) is 11.6 Å². The van der Waals surface area contributed by atoms with Gasteiger partial charge >= 0.3 is 0 Å². The first kappa shape index (κ1) is 18.2. The van der Waals surface area contributed by atoms with Gasteiger partial charge in [-0.25, -0.2) is 9.97 Å². The van der Waals surface area contributed by atoms with Crippen LogP contribution in [-0.2, 0) is 0 Å². The standard InChI is InChI=1S/C22H20N6O2/c1-14(15-5-3-2-4-6-15)25-21(29)18-12-28(13-24-18)19-10-9-17(11-23-19)22-26-20(27-30-22)16-7-8-16/h2-6,9-14,16H,7-8H2,1H3,(H,25,29)/t14-/m1/s1. The van der Waals surface area contributed by atoms with E-state index in [1.54, 1.807) is 23.3 Å². The molecule has 0 bridgehead atoms. The zero-order chi connectivity index (χ0) is 20.5. The Labute approximate surface area is 173 Å². The normalized spacial score (nSPS) is 14.4. The molecule has 1 aliphatic carbocycles. The molecule has 1 fully saturated rings. The Kier molecular flexibility index (Phi) is 4.59. The summed E-state index contributed by atoms with van der Waals surface area (Å²) < 4.78 is 7.04. The van der Waals surface area contributed by atoms with Crippen LogP contribution in [0.5, 0.6) is 0 Å². The number of nitrogens with zero attached hydrogens (tertiary/aromatic N) is 5. The molecule has 0 aliphatic heterocycles. The monoisotopic (exact) mass is 400 g/mol. The minimum absolute atomic E-state index is 0.115. The molecule has 8 nitrogen and oxygen atoms in total. The van der Waals surface area contributed by atoms with Gasteiger partial charge in [0.25, 0.3) is 11.8 Å². The van der Waals surface area contributed by atoms with Crippen molar-refractivity contribution >= 4 is 5.91 Å². The maximum absolute atomic E-state index is 12.5. The van der Waals surface area contributed by atoms with Crippen LogP contribution in [0.15, 0.2) is 65.7 Å². The average molecular weight is 400 g/mol. The topological polar surface area (TPSA) is 98.7 Å². The van der Waals surface area contributed by atoms with Crippen molar-refractivity contribution in [2.75, 3.05) is 0 Å². The summed E-state index contributed by atoms with van der Waals surface area (Å²) in [5.74, 6) is 2.08. The lowest BCUT2D eigenvalue weighted by Gasteiger charge is -2.13. The van der Waals surface area contributed by atoms with E-state index in [1.807, 2.05) is 49.4 Å². The fourth-order valence-electron chi connectivity index (χ4n) is 3.19. The number of imidazole rings is 1. The summed E-state index contributed by atoms with van der Waals surface area (Å²) in [5, 5.41) is 6.99. The summed E-state index contributed by atoms with van der Waals surface area (Å²) in [6.07, 6.45) is 7.15. The van der Waals surface area contributed by atoms with E-state index in [0.717, 1.165) is 29.8 Å². The number of hydrogen-bond acceptors (Lipinski definition) is 6. The van der Waals surface area contributed by atoms with Crippen LogP contribution in [0.1, 0.15) is 53.6 Å². The predicted molar refractivity (Wildman–Crippen MR) is 109 cm³/mol. The van der Waals surface area contributed by atoms with Crippen molar-refractivity contribution in [2.45, 2.75) is 31.7 Å². The largest absolute Gasteiger partial charge is 0.344 e. The summed E-state index contributed by atoms with van der Waals surface area (Å²) in [5.41, 5.74) is 2.12. The molecular formula is C22H20N6O2. The lowest BCUT2D eigenvalue weighted by Crippen LogP contribution is -2.26. The van der Waals surface area contributed by atoms with Gasteiger partial charge in [-0.1, -0.05) is 35.5 Å². The number of pyridine rings is 1. The quantitative estimate of drug-likeness (QED) is 0.530. The molecule has 4 aromatic rings. The number of rotatable bonds is 6. The molecular weight excluding hydrogens is 380 g/mol. The first-order valence-electron chi connectivity index (χ1n) is 9.87. The molecule has 1 atom stereocenters. The van der Waals surface area contributed by atoms with Crippen molar-refractivity contribution < 1.29 is 9.32 Å². The van der Waals surface area contributed by atoms with E-state index >= 15 is 0 Å². The number of carbonyl (C=O) groups excluding carboxylic acids is 1. The van der Waals surface area contributed by atoms with Crippen molar-refractivity contribution in [1.82, 2.24) is 30.0 Å². The molecule has 0 saturated heterocycles. The number of amides is 1. The van der Waals surface area contributed by atoms with Crippen LogP contribution >= 0.6 is 0 Å². The molecule has 1 amide bonds. The maximum atomic E-state index is 12.5. The van der Waals surface area contributed by atoms with Gasteiger partial charge in [-0.05, 0) is 37.5 Å². The molecule has 3 heterocycles. The van der Waals surface area contributed by atoms with Gasteiger partial charge in [-0.2, -0.15) is 4.98 Å². The Balaban J connectivity index is 1.28. The lowest BCUT2D eigenvalue weighted by atomic mass is 10.1. The zero-order valence-corrected chi connectivity index (χ0v) is 16.4. The van der Waals surface area contributed by atoms with E-state index in [-0.39, 0.29) is 11.9 Å². The van der Waals surface area contributed by atoms with Gasteiger partial charge in [-0.3, -0.25) is 9.36 Å². The van der Waals surface area contributed by atoms with E-state index in [9.17, 15) is 4.79 Å². The highest BCUT2D eigenvalue weighted by atomic mass is 16.5. The third-order valence-corrected chi connectivity index (χ3v) is 5.11. The van der Waals surface area contributed by atoms with Crippen LogP contribution in [-0.4, -0.2) is 30.6 Å². The van der Waals surface area contributed by atoms with Crippen molar-refractivity contribution in [2.24, 2.45) is 0 Å². The third-order valence-electron chi connectivity index (χ3n) is 5.11. The van der Waals surface area contributed by atoms with E-state index in [4.69, 9.17) is 4.52 Å². The second kappa shape index (κ2) is 7.55. The lowest BCUT2D eigenvalue weighted by molar-refractivity contribution is 0.0935. The highest BCUT2D eigenvalue weighted by Crippen LogP contribution is 2.38. The molecule has 1 aromatic carbocycles. The first-order valence-corrected chi connectivity index (χ1v) is 9.87. The molecule has 1 saturated carbocycles. The molecule has 3 aromatic heterocycles. The molecule has 150 valence electrons. The summed E-state index contributed by atoms with van der Waals surface area (Å²) in [6, 6.07) is 13.4. The second-order valence-electron chi connectivity index (χ2n) is 7.41. The highest BCUT2D eigenvalue weighted by Gasteiger charge is 2.29. The van der Waals surface area contributed by atoms with Crippen LogP contribution in [0.25, 0.3) is 17.3 Å². The molecule has 5 rings (SSSR count). The molecule has 8 heteroatoms. The molecule has 0 spiro atoms. The Hall–Kier alpha value is -3.81. The van der Waals surface area contributed by atoms with Crippen molar-refractivity contribution in [1.29, 1.82) is 0 Å².